The van der Waals surface area contributed by atoms with Crippen molar-refractivity contribution in [3.05, 3.63) is 0 Å². The van der Waals surface area contributed by atoms with Crippen molar-refractivity contribution in [3.8, 4) is 0 Å². The summed E-state index contributed by atoms with van der Waals surface area (Å²) >= 11 is 0. The third-order valence-corrected chi connectivity index (χ3v) is 1.66. The third-order valence-electron chi connectivity index (χ3n) is 1.66. The number of hydrogen-bond donors (Lipinski definition) is 0. The molecule has 8 heavy (non-hydrogen) atoms. The van der Waals surface area contributed by atoms with E-state index >= 15 is 0 Å². The van der Waals surface area contributed by atoms with Crippen molar-refractivity contribution in [1.82, 2.24) is 0 Å². The minimum atomic E-state index is 0.620. The highest BCUT2D eigenvalue weighted by Crippen LogP contribution is 2.28. The molecule has 0 aromatic carbocycles. The second-order valence-corrected chi connectivity index (χ2v) is 2.41. The maximum Gasteiger partial charge on any atom is 0.0841 e. The predicted octanol–water partition coefficient (Wildman–Crippen LogP) is 1.96. The standard InChI is InChI=1S/C7H14O/c1-3-5-7-6(4-2)8-7/h6-7H,3-5H2,1-2H3/t6-,7?/m0/s1. The van der Waals surface area contributed by atoms with Gasteiger partial charge in [-0.15, -0.1) is 0 Å². The van der Waals surface area contributed by atoms with Gasteiger partial charge < -0.3 is 4.74 Å². The zero-order valence-corrected chi connectivity index (χ0v) is 5.68. The molecule has 0 saturated carbocycles. The summed E-state index contributed by atoms with van der Waals surface area (Å²) in [6.45, 7) is 4.38. The van der Waals surface area contributed by atoms with Crippen molar-refractivity contribution in [2.75, 3.05) is 0 Å². The Labute approximate surface area is 51.0 Å². The van der Waals surface area contributed by atoms with Crippen LogP contribution in [0.2, 0.25) is 0 Å². The maximum absolute atomic E-state index is 5.31. The molecule has 1 nitrogen and oxygen atoms in total. The Hall–Kier alpha value is -0.0400. The predicted molar refractivity (Wildman–Crippen MR) is 33.9 cm³/mol. The molecule has 1 aliphatic rings. The van der Waals surface area contributed by atoms with Gasteiger partial charge in [0.25, 0.3) is 0 Å². The lowest BCUT2D eigenvalue weighted by molar-refractivity contribution is 0.359. The Bertz CT molecular complexity index is 70.8. The SMILES string of the molecule is CCCC1O[C@H]1CC. The zero-order valence-electron chi connectivity index (χ0n) is 5.68. The largest absolute Gasteiger partial charge is 0.370 e. The Morgan fingerprint density at radius 2 is 2.00 bits per heavy atom. The average Bonchev–Trinajstić information content (AvgIpc) is 2.48. The van der Waals surface area contributed by atoms with E-state index in [1.165, 1.54) is 19.3 Å². The van der Waals surface area contributed by atoms with Gasteiger partial charge in [0.2, 0.25) is 0 Å². The molecular formula is C7H14O. The smallest absolute Gasteiger partial charge is 0.0841 e. The molecular weight excluding hydrogens is 100 g/mol. The minimum absolute atomic E-state index is 0.620. The summed E-state index contributed by atoms with van der Waals surface area (Å²) in [5.41, 5.74) is 0. The van der Waals surface area contributed by atoms with E-state index in [0.29, 0.717) is 12.2 Å². The Morgan fingerprint density at radius 1 is 1.25 bits per heavy atom. The van der Waals surface area contributed by atoms with E-state index in [9.17, 15) is 0 Å². The van der Waals surface area contributed by atoms with Crippen molar-refractivity contribution in [2.24, 2.45) is 0 Å². The topological polar surface area (TPSA) is 12.5 Å². The molecule has 1 saturated heterocycles. The molecule has 0 amide bonds. The van der Waals surface area contributed by atoms with Gasteiger partial charge in [0.1, 0.15) is 0 Å². The highest BCUT2D eigenvalue weighted by Gasteiger charge is 2.35. The monoisotopic (exact) mass is 114 g/mol. The summed E-state index contributed by atoms with van der Waals surface area (Å²) in [7, 11) is 0. The highest BCUT2D eigenvalue weighted by molar-refractivity contribution is 4.82. The van der Waals surface area contributed by atoms with E-state index in [1.54, 1.807) is 0 Å². The number of hydrogen-bond acceptors (Lipinski definition) is 1. The molecule has 1 aliphatic heterocycles. The van der Waals surface area contributed by atoms with Crippen LogP contribution in [-0.2, 0) is 4.74 Å². The molecule has 0 aliphatic carbocycles. The van der Waals surface area contributed by atoms with Crippen LogP contribution in [0.5, 0.6) is 0 Å². The van der Waals surface area contributed by atoms with Gasteiger partial charge in [-0.3, -0.25) is 0 Å². The Kier molecular flexibility index (Phi) is 1.90. The molecule has 0 radical (unpaired) electrons. The summed E-state index contributed by atoms with van der Waals surface area (Å²) in [5, 5.41) is 0. The molecule has 0 spiro atoms. The van der Waals surface area contributed by atoms with Crippen molar-refractivity contribution in [2.45, 2.75) is 45.3 Å². The highest BCUT2D eigenvalue weighted by atomic mass is 16.6. The first-order valence-electron chi connectivity index (χ1n) is 3.54. The average molecular weight is 114 g/mol. The first-order valence-corrected chi connectivity index (χ1v) is 3.54. The van der Waals surface area contributed by atoms with Gasteiger partial charge in [-0.05, 0) is 12.8 Å². The van der Waals surface area contributed by atoms with Crippen LogP contribution in [0.15, 0.2) is 0 Å². The van der Waals surface area contributed by atoms with Crippen LogP contribution in [0.25, 0.3) is 0 Å². The molecule has 48 valence electrons. The van der Waals surface area contributed by atoms with Gasteiger partial charge in [0.05, 0.1) is 12.2 Å². The minimum Gasteiger partial charge on any atom is -0.370 e. The number of rotatable bonds is 3. The van der Waals surface area contributed by atoms with Gasteiger partial charge in [-0.25, -0.2) is 0 Å². The summed E-state index contributed by atoms with van der Waals surface area (Å²) in [6.07, 6.45) is 4.98. The second-order valence-electron chi connectivity index (χ2n) is 2.41. The summed E-state index contributed by atoms with van der Waals surface area (Å²) < 4.78 is 5.31. The van der Waals surface area contributed by atoms with Crippen molar-refractivity contribution < 1.29 is 4.74 Å². The van der Waals surface area contributed by atoms with E-state index in [1.807, 2.05) is 0 Å². The molecule has 0 aromatic heterocycles. The molecule has 0 bridgehead atoms. The Balaban J connectivity index is 1.99. The third kappa shape index (κ3) is 1.22. The van der Waals surface area contributed by atoms with Gasteiger partial charge >= 0.3 is 0 Å². The van der Waals surface area contributed by atoms with Crippen LogP contribution in [0.3, 0.4) is 0 Å². The lowest BCUT2D eigenvalue weighted by atomic mass is 10.2. The molecule has 2 atom stereocenters. The van der Waals surface area contributed by atoms with Crippen molar-refractivity contribution >= 4 is 0 Å². The number of ether oxygens (including phenoxy) is 1. The van der Waals surface area contributed by atoms with Gasteiger partial charge in [0, 0.05) is 0 Å². The molecule has 0 N–H and O–H groups in total. The van der Waals surface area contributed by atoms with E-state index < -0.39 is 0 Å². The second kappa shape index (κ2) is 2.49. The normalized spacial score (nSPS) is 35.2. The van der Waals surface area contributed by atoms with Gasteiger partial charge in [-0.2, -0.15) is 0 Å². The molecule has 1 unspecified atom stereocenters. The van der Waals surface area contributed by atoms with Crippen molar-refractivity contribution in [1.29, 1.82) is 0 Å². The van der Waals surface area contributed by atoms with E-state index in [2.05, 4.69) is 13.8 Å². The molecule has 0 aromatic rings. The lowest BCUT2D eigenvalue weighted by Gasteiger charge is -1.84. The zero-order chi connectivity index (χ0) is 5.98. The molecule has 1 rings (SSSR count). The molecule has 1 heteroatoms. The van der Waals surface area contributed by atoms with Crippen LogP contribution >= 0.6 is 0 Å². The summed E-state index contributed by atoms with van der Waals surface area (Å²) in [4.78, 5) is 0. The maximum atomic E-state index is 5.31. The van der Waals surface area contributed by atoms with Crippen LogP contribution < -0.4 is 0 Å². The van der Waals surface area contributed by atoms with Gasteiger partial charge in [-0.1, -0.05) is 20.3 Å². The summed E-state index contributed by atoms with van der Waals surface area (Å²) in [6, 6.07) is 0. The molecule has 1 fully saturated rings. The lowest BCUT2D eigenvalue weighted by Crippen LogP contribution is -1.89. The van der Waals surface area contributed by atoms with E-state index in [-0.39, 0.29) is 0 Å². The fourth-order valence-electron chi connectivity index (χ4n) is 1.08. The fraction of sp³-hybridized carbons (Fsp3) is 1.00. The van der Waals surface area contributed by atoms with Crippen LogP contribution in [0, 0.1) is 0 Å². The first-order chi connectivity index (χ1) is 3.88. The van der Waals surface area contributed by atoms with Crippen molar-refractivity contribution in [3.63, 3.8) is 0 Å². The number of epoxide rings is 1. The van der Waals surface area contributed by atoms with Gasteiger partial charge in [0.15, 0.2) is 0 Å². The van der Waals surface area contributed by atoms with E-state index in [0.717, 1.165) is 0 Å². The first kappa shape index (κ1) is 6.09. The fourth-order valence-corrected chi connectivity index (χ4v) is 1.08. The summed E-state index contributed by atoms with van der Waals surface area (Å²) in [5.74, 6) is 0. The van der Waals surface area contributed by atoms with Crippen LogP contribution in [0.4, 0.5) is 0 Å². The molecule has 1 heterocycles. The quantitative estimate of drug-likeness (QED) is 0.511. The Morgan fingerprint density at radius 3 is 2.38 bits per heavy atom. The van der Waals surface area contributed by atoms with Crippen LogP contribution in [0.1, 0.15) is 33.1 Å². The van der Waals surface area contributed by atoms with E-state index in [4.69, 9.17) is 4.74 Å². The van der Waals surface area contributed by atoms with Crippen LogP contribution in [-0.4, -0.2) is 12.2 Å².